The van der Waals surface area contributed by atoms with Crippen LogP contribution in [-0.4, -0.2) is 9.97 Å². The zero-order valence-corrected chi connectivity index (χ0v) is 10.5. The third-order valence-electron chi connectivity index (χ3n) is 2.62. The van der Waals surface area contributed by atoms with E-state index in [0.717, 1.165) is 0 Å². The van der Waals surface area contributed by atoms with Crippen molar-refractivity contribution in [2.24, 2.45) is 0 Å². The molecule has 94 valence electrons. The summed E-state index contributed by atoms with van der Waals surface area (Å²) in [6, 6.07) is 14.1. The van der Waals surface area contributed by atoms with Crippen molar-refractivity contribution >= 4 is 22.5 Å². The highest BCUT2D eigenvalue weighted by Crippen LogP contribution is 2.20. The summed E-state index contributed by atoms with van der Waals surface area (Å²) in [5.74, 6) is 0.558. The van der Waals surface area contributed by atoms with E-state index >= 15 is 0 Å². The van der Waals surface area contributed by atoms with Crippen LogP contribution in [0.5, 0.6) is 11.8 Å². The Morgan fingerprint density at radius 2 is 1.79 bits per heavy atom. The molecule has 1 aromatic heterocycles. The van der Waals surface area contributed by atoms with E-state index in [-0.39, 0.29) is 11.6 Å². The van der Waals surface area contributed by atoms with E-state index in [1.807, 2.05) is 6.07 Å². The van der Waals surface area contributed by atoms with Crippen LogP contribution < -0.4 is 10.3 Å². The molecule has 3 rings (SSSR count). The Morgan fingerprint density at radius 3 is 2.58 bits per heavy atom. The second-order valence-electron chi connectivity index (χ2n) is 3.94. The molecule has 0 aliphatic rings. The van der Waals surface area contributed by atoms with Crippen LogP contribution in [0.25, 0.3) is 10.9 Å². The zero-order chi connectivity index (χ0) is 13.2. The molecule has 1 N–H and O–H groups in total. The second kappa shape index (κ2) is 4.74. The Bertz CT molecular complexity index is 781. The van der Waals surface area contributed by atoms with Gasteiger partial charge in [0.1, 0.15) is 5.75 Å². The summed E-state index contributed by atoms with van der Waals surface area (Å²) in [5, 5.41) is 1.15. The molecule has 0 saturated carbocycles. The molecular weight excluding hydrogens is 264 g/mol. The lowest BCUT2D eigenvalue weighted by Crippen LogP contribution is -2.09. The van der Waals surface area contributed by atoms with Gasteiger partial charge in [-0.15, -0.1) is 0 Å². The largest absolute Gasteiger partial charge is 0.426 e. The number of para-hydroxylation sites is 1. The van der Waals surface area contributed by atoms with Crippen molar-refractivity contribution in [3.05, 3.63) is 63.9 Å². The minimum Gasteiger partial charge on any atom is -0.426 e. The molecule has 0 radical (unpaired) electrons. The molecular formula is C14H9ClN2O2. The van der Waals surface area contributed by atoms with Gasteiger partial charge in [0, 0.05) is 5.02 Å². The summed E-state index contributed by atoms with van der Waals surface area (Å²) >= 11 is 5.79. The number of nitrogens with one attached hydrogen (secondary N) is 1. The van der Waals surface area contributed by atoms with E-state index < -0.39 is 0 Å². The van der Waals surface area contributed by atoms with Crippen LogP contribution in [0.15, 0.2) is 53.3 Å². The number of halogens is 1. The summed E-state index contributed by atoms with van der Waals surface area (Å²) in [7, 11) is 0. The maximum Gasteiger partial charge on any atom is 0.302 e. The lowest BCUT2D eigenvalue weighted by Gasteiger charge is -2.05. The van der Waals surface area contributed by atoms with E-state index in [1.165, 1.54) is 0 Å². The van der Waals surface area contributed by atoms with Crippen LogP contribution in [0.3, 0.4) is 0 Å². The molecule has 0 amide bonds. The first-order chi connectivity index (χ1) is 9.22. The molecule has 0 unspecified atom stereocenters. The van der Waals surface area contributed by atoms with Crippen molar-refractivity contribution in [2.45, 2.75) is 0 Å². The summed E-state index contributed by atoms with van der Waals surface area (Å²) < 4.78 is 5.50. The normalized spacial score (nSPS) is 10.6. The van der Waals surface area contributed by atoms with Crippen LogP contribution in [-0.2, 0) is 0 Å². The minimum absolute atomic E-state index is 0.158. The first-order valence-electron chi connectivity index (χ1n) is 5.65. The van der Waals surface area contributed by atoms with Gasteiger partial charge in [0.2, 0.25) is 0 Å². The van der Waals surface area contributed by atoms with Crippen LogP contribution in [0.2, 0.25) is 5.02 Å². The van der Waals surface area contributed by atoms with Gasteiger partial charge in [-0.2, -0.15) is 4.98 Å². The quantitative estimate of drug-likeness (QED) is 0.778. The molecule has 19 heavy (non-hydrogen) atoms. The Hall–Kier alpha value is -2.33. The predicted octanol–water partition coefficient (Wildman–Crippen LogP) is 3.37. The average Bonchev–Trinajstić information content (AvgIpc) is 2.42. The molecule has 3 aromatic rings. The van der Waals surface area contributed by atoms with Gasteiger partial charge in [0.15, 0.2) is 0 Å². The van der Waals surface area contributed by atoms with Crippen LogP contribution >= 0.6 is 11.6 Å². The number of aromatic amines is 1. The zero-order valence-electron chi connectivity index (χ0n) is 9.76. The monoisotopic (exact) mass is 272 g/mol. The maximum atomic E-state index is 11.8. The van der Waals surface area contributed by atoms with Gasteiger partial charge in [-0.25, -0.2) is 0 Å². The van der Waals surface area contributed by atoms with Gasteiger partial charge >= 0.3 is 6.01 Å². The number of benzene rings is 2. The fraction of sp³-hybridized carbons (Fsp3) is 0. The van der Waals surface area contributed by atoms with E-state index in [4.69, 9.17) is 16.3 Å². The Kier molecular flexibility index (Phi) is 2.93. The second-order valence-corrected chi connectivity index (χ2v) is 4.38. The molecule has 5 heteroatoms. The summed E-state index contributed by atoms with van der Waals surface area (Å²) in [4.78, 5) is 18.7. The molecule has 1 heterocycles. The van der Waals surface area contributed by atoms with Gasteiger partial charge in [0.25, 0.3) is 5.56 Å². The highest BCUT2D eigenvalue weighted by atomic mass is 35.5. The number of rotatable bonds is 2. The van der Waals surface area contributed by atoms with Gasteiger partial charge in [-0.05, 0) is 36.4 Å². The van der Waals surface area contributed by atoms with Gasteiger partial charge < -0.3 is 4.74 Å². The number of aromatic nitrogens is 2. The summed E-state index contributed by atoms with van der Waals surface area (Å²) in [5.41, 5.74) is 0.366. The fourth-order valence-corrected chi connectivity index (χ4v) is 1.85. The summed E-state index contributed by atoms with van der Waals surface area (Å²) in [6.45, 7) is 0. The lowest BCUT2D eigenvalue weighted by molar-refractivity contribution is 0.443. The van der Waals surface area contributed by atoms with Crippen molar-refractivity contribution in [3.8, 4) is 11.8 Å². The molecule has 0 spiro atoms. The van der Waals surface area contributed by atoms with Crippen molar-refractivity contribution in [1.82, 2.24) is 9.97 Å². The van der Waals surface area contributed by atoms with Gasteiger partial charge in [-0.1, -0.05) is 23.7 Å². The Morgan fingerprint density at radius 1 is 1.05 bits per heavy atom. The maximum absolute atomic E-state index is 11.8. The molecule has 0 bridgehead atoms. The fourth-order valence-electron chi connectivity index (χ4n) is 1.73. The van der Waals surface area contributed by atoms with E-state index in [2.05, 4.69) is 9.97 Å². The number of nitrogens with zero attached hydrogens (tertiary/aromatic N) is 1. The minimum atomic E-state index is -0.227. The molecule has 0 fully saturated rings. The Balaban J connectivity index is 2.01. The van der Waals surface area contributed by atoms with Crippen molar-refractivity contribution in [2.75, 3.05) is 0 Å². The van der Waals surface area contributed by atoms with Crippen molar-refractivity contribution in [1.29, 1.82) is 0 Å². The molecule has 4 nitrogen and oxygen atoms in total. The number of hydrogen-bond acceptors (Lipinski definition) is 3. The van der Waals surface area contributed by atoms with Crippen LogP contribution in [0.4, 0.5) is 0 Å². The van der Waals surface area contributed by atoms with Gasteiger partial charge in [0.05, 0.1) is 10.9 Å². The standard InChI is InChI=1S/C14H9ClN2O2/c15-9-5-7-10(8-6-9)19-14-16-12-4-2-1-3-11(12)13(18)17-14/h1-8H,(H,16,17,18). The first kappa shape index (κ1) is 11.7. The third-order valence-corrected chi connectivity index (χ3v) is 2.87. The van der Waals surface area contributed by atoms with Crippen molar-refractivity contribution in [3.63, 3.8) is 0 Å². The molecule has 2 aromatic carbocycles. The number of fused-ring (bicyclic) bond motifs is 1. The molecule has 0 aliphatic heterocycles. The SMILES string of the molecule is O=c1[nH]c(Oc2ccc(Cl)cc2)nc2ccccc12. The third kappa shape index (κ3) is 2.44. The summed E-state index contributed by atoms with van der Waals surface area (Å²) in [6.07, 6.45) is 0. The Labute approximate surface area is 113 Å². The predicted molar refractivity (Wildman–Crippen MR) is 73.9 cm³/mol. The van der Waals surface area contributed by atoms with E-state index in [1.54, 1.807) is 42.5 Å². The first-order valence-corrected chi connectivity index (χ1v) is 6.03. The molecule has 0 saturated heterocycles. The van der Waals surface area contributed by atoms with Crippen LogP contribution in [0, 0.1) is 0 Å². The lowest BCUT2D eigenvalue weighted by atomic mass is 10.2. The number of H-pyrrole nitrogens is 1. The topological polar surface area (TPSA) is 55.0 Å². The molecule has 0 atom stereocenters. The number of ether oxygens (including phenoxy) is 1. The van der Waals surface area contributed by atoms with Gasteiger partial charge in [-0.3, -0.25) is 9.78 Å². The molecule has 0 aliphatic carbocycles. The van der Waals surface area contributed by atoms with E-state index in [9.17, 15) is 4.79 Å². The van der Waals surface area contributed by atoms with E-state index in [0.29, 0.717) is 21.7 Å². The smallest absolute Gasteiger partial charge is 0.302 e. The number of hydrogen-bond donors (Lipinski definition) is 1. The highest BCUT2D eigenvalue weighted by molar-refractivity contribution is 6.30. The highest BCUT2D eigenvalue weighted by Gasteiger charge is 2.04. The van der Waals surface area contributed by atoms with Crippen LogP contribution in [0.1, 0.15) is 0 Å². The van der Waals surface area contributed by atoms with Crippen molar-refractivity contribution < 1.29 is 4.74 Å². The average molecular weight is 273 g/mol.